The van der Waals surface area contributed by atoms with Crippen LogP contribution in [0.1, 0.15) is 28.3 Å². The van der Waals surface area contributed by atoms with Gasteiger partial charge in [-0.2, -0.15) is 0 Å². The van der Waals surface area contributed by atoms with Crippen LogP contribution < -0.4 is 5.32 Å². The summed E-state index contributed by atoms with van der Waals surface area (Å²) in [5, 5.41) is 4.61. The number of aryl methyl sites for hydroxylation is 1. The molecule has 0 bridgehead atoms. The van der Waals surface area contributed by atoms with Gasteiger partial charge in [0, 0.05) is 28.0 Å². The summed E-state index contributed by atoms with van der Waals surface area (Å²) in [5.41, 5.74) is 1.38. The second-order valence-electron chi connectivity index (χ2n) is 4.61. The Morgan fingerprint density at radius 2 is 2.05 bits per heavy atom. The molecule has 2 nitrogen and oxygen atoms in total. The van der Waals surface area contributed by atoms with Gasteiger partial charge in [-0.25, -0.2) is 4.98 Å². The highest BCUT2D eigenvalue weighted by atomic mass is 79.9. The number of aromatic nitrogens is 1. The molecular weight excluding hydrogens is 320 g/mol. The minimum Gasteiger partial charge on any atom is -0.316 e. The first kappa shape index (κ1) is 14.7. The van der Waals surface area contributed by atoms with Crippen molar-refractivity contribution in [3.05, 3.63) is 50.4 Å². The number of benzene rings is 1. The maximum Gasteiger partial charge on any atom is 0.0896 e. The van der Waals surface area contributed by atoms with Crippen molar-refractivity contribution in [2.75, 3.05) is 13.1 Å². The molecule has 2 aromatic rings. The SMILES string of the molecule is CCNCC(Cc1cnc(C)s1)c1ccc(Br)cc1. The molecule has 1 aromatic carbocycles. The standard InChI is InChI=1S/C15H19BrN2S/c1-3-17-9-13(8-15-10-18-11(2)19-15)12-4-6-14(16)7-5-12/h4-7,10,13,17H,3,8-9H2,1-2H3. The predicted molar refractivity (Wildman–Crippen MR) is 86.0 cm³/mol. The first-order chi connectivity index (χ1) is 9.19. The summed E-state index contributed by atoms with van der Waals surface area (Å²) in [4.78, 5) is 5.71. The summed E-state index contributed by atoms with van der Waals surface area (Å²) in [6.45, 7) is 6.23. The van der Waals surface area contributed by atoms with Gasteiger partial charge in [-0.3, -0.25) is 0 Å². The number of hydrogen-bond acceptors (Lipinski definition) is 3. The summed E-state index contributed by atoms with van der Waals surface area (Å²) in [7, 11) is 0. The summed E-state index contributed by atoms with van der Waals surface area (Å²) in [6.07, 6.45) is 3.07. The summed E-state index contributed by atoms with van der Waals surface area (Å²) >= 11 is 5.29. The van der Waals surface area contributed by atoms with Crippen LogP contribution in [-0.4, -0.2) is 18.1 Å². The van der Waals surface area contributed by atoms with Crippen molar-refractivity contribution in [2.45, 2.75) is 26.2 Å². The lowest BCUT2D eigenvalue weighted by Crippen LogP contribution is -2.22. The van der Waals surface area contributed by atoms with Gasteiger partial charge >= 0.3 is 0 Å². The molecule has 0 aliphatic heterocycles. The lowest BCUT2D eigenvalue weighted by molar-refractivity contribution is 0.598. The largest absolute Gasteiger partial charge is 0.316 e. The number of likely N-dealkylation sites (N-methyl/N-ethyl adjacent to an activating group) is 1. The molecule has 2 rings (SSSR count). The molecule has 1 aromatic heterocycles. The van der Waals surface area contributed by atoms with Gasteiger partial charge in [0.05, 0.1) is 5.01 Å². The van der Waals surface area contributed by atoms with Crippen LogP contribution in [0.5, 0.6) is 0 Å². The lowest BCUT2D eigenvalue weighted by Gasteiger charge is -2.17. The molecule has 19 heavy (non-hydrogen) atoms. The predicted octanol–water partition coefficient (Wildman–Crippen LogP) is 4.15. The fraction of sp³-hybridized carbons (Fsp3) is 0.400. The number of hydrogen-bond donors (Lipinski definition) is 1. The quantitative estimate of drug-likeness (QED) is 0.855. The van der Waals surface area contributed by atoms with Crippen molar-refractivity contribution in [2.24, 2.45) is 0 Å². The van der Waals surface area contributed by atoms with E-state index in [1.54, 1.807) is 11.3 Å². The van der Waals surface area contributed by atoms with Crippen molar-refractivity contribution < 1.29 is 0 Å². The highest BCUT2D eigenvalue weighted by Gasteiger charge is 2.13. The Bertz CT molecular complexity index is 507. The molecule has 0 saturated heterocycles. The van der Waals surface area contributed by atoms with E-state index in [4.69, 9.17) is 0 Å². The minimum atomic E-state index is 0.507. The molecule has 0 aliphatic rings. The van der Waals surface area contributed by atoms with E-state index >= 15 is 0 Å². The Kier molecular flexibility index (Phi) is 5.55. The third kappa shape index (κ3) is 4.41. The van der Waals surface area contributed by atoms with Gasteiger partial charge in [-0.1, -0.05) is 35.0 Å². The van der Waals surface area contributed by atoms with Gasteiger partial charge in [0.1, 0.15) is 0 Å². The smallest absolute Gasteiger partial charge is 0.0896 e. The molecule has 0 amide bonds. The van der Waals surface area contributed by atoms with E-state index in [-0.39, 0.29) is 0 Å². The number of rotatable bonds is 6. The fourth-order valence-electron chi connectivity index (χ4n) is 2.10. The molecular formula is C15H19BrN2S. The third-order valence-electron chi connectivity index (χ3n) is 3.10. The monoisotopic (exact) mass is 338 g/mol. The Morgan fingerprint density at radius 1 is 1.32 bits per heavy atom. The Labute approximate surface area is 127 Å². The van der Waals surface area contributed by atoms with E-state index in [0.717, 1.165) is 29.0 Å². The first-order valence-corrected chi connectivity index (χ1v) is 8.17. The van der Waals surface area contributed by atoms with E-state index in [1.807, 2.05) is 6.20 Å². The zero-order chi connectivity index (χ0) is 13.7. The highest BCUT2D eigenvalue weighted by Crippen LogP contribution is 2.25. The van der Waals surface area contributed by atoms with E-state index in [1.165, 1.54) is 10.4 Å². The Morgan fingerprint density at radius 3 is 2.63 bits per heavy atom. The van der Waals surface area contributed by atoms with Crippen molar-refractivity contribution in [1.29, 1.82) is 0 Å². The maximum atomic E-state index is 4.35. The summed E-state index contributed by atoms with van der Waals surface area (Å²) < 4.78 is 1.13. The average Bonchev–Trinajstić information content (AvgIpc) is 2.81. The van der Waals surface area contributed by atoms with Crippen molar-refractivity contribution in [3.8, 4) is 0 Å². The second kappa shape index (κ2) is 7.17. The van der Waals surface area contributed by atoms with Crippen molar-refractivity contribution in [1.82, 2.24) is 10.3 Å². The number of halogens is 1. The molecule has 0 spiro atoms. The molecule has 0 fully saturated rings. The zero-order valence-corrected chi connectivity index (χ0v) is 13.7. The van der Waals surface area contributed by atoms with Crippen LogP contribution in [0, 0.1) is 6.92 Å². The van der Waals surface area contributed by atoms with Gasteiger partial charge in [0.2, 0.25) is 0 Å². The molecule has 0 saturated carbocycles. The van der Waals surface area contributed by atoms with Crippen LogP contribution in [0.3, 0.4) is 0 Å². The molecule has 1 unspecified atom stereocenters. The van der Waals surface area contributed by atoms with E-state index in [9.17, 15) is 0 Å². The molecule has 1 N–H and O–H groups in total. The Hall–Kier alpha value is -0.710. The topological polar surface area (TPSA) is 24.9 Å². The average molecular weight is 339 g/mol. The van der Waals surface area contributed by atoms with Gasteiger partial charge in [0.15, 0.2) is 0 Å². The van der Waals surface area contributed by atoms with E-state index in [2.05, 4.69) is 64.3 Å². The van der Waals surface area contributed by atoms with Crippen LogP contribution in [0.25, 0.3) is 0 Å². The van der Waals surface area contributed by atoms with Gasteiger partial charge < -0.3 is 5.32 Å². The lowest BCUT2D eigenvalue weighted by atomic mass is 9.95. The number of thiazole rings is 1. The molecule has 1 atom stereocenters. The van der Waals surface area contributed by atoms with E-state index < -0.39 is 0 Å². The molecule has 0 aliphatic carbocycles. The van der Waals surface area contributed by atoms with Crippen molar-refractivity contribution >= 4 is 27.3 Å². The van der Waals surface area contributed by atoms with Crippen LogP contribution in [0.15, 0.2) is 34.9 Å². The molecule has 4 heteroatoms. The van der Waals surface area contributed by atoms with Crippen LogP contribution in [0.2, 0.25) is 0 Å². The zero-order valence-electron chi connectivity index (χ0n) is 11.3. The fourth-order valence-corrected chi connectivity index (χ4v) is 3.24. The summed E-state index contributed by atoms with van der Waals surface area (Å²) in [6, 6.07) is 8.65. The van der Waals surface area contributed by atoms with Crippen molar-refractivity contribution in [3.63, 3.8) is 0 Å². The normalized spacial score (nSPS) is 12.6. The van der Waals surface area contributed by atoms with Crippen LogP contribution in [0.4, 0.5) is 0 Å². The van der Waals surface area contributed by atoms with Gasteiger partial charge in [-0.15, -0.1) is 11.3 Å². The molecule has 0 radical (unpaired) electrons. The Balaban J connectivity index is 2.13. The highest BCUT2D eigenvalue weighted by molar-refractivity contribution is 9.10. The van der Waals surface area contributed by atoms with Gasteiger partial charge in [0.25, 0.3) is 0 Å². The maximum absolute atomic E-state index is 4.35. The van der Waals surface area contributed by atoms with Crippen LogP contribution >= 0.6 is 27.3 Å². The minimum absolute atomic E-state index is 0.507. The summed E-state index contributed by atoms with van der Waals surface area (Å²) in [5.74, 6) is 0.507. The first-order valence-electron chi connectivity index (χ1n) is 6.56. The van der Waals surface area contributed by atoms with E-state index in [0.29, 0.717) is 5.92 Å². The molecule has 102 valence electrons. The third-order valence-corrected chi connectivity index (χ3v) is 4.56. The number of nitrogens with one attached hydrogen (secondary N) is 1. The second-order valence-corrected chi connectivity index (χ2v) is 6.84. The molecule has 1 heterocycles. The van der Waals surface area contributed by atoms with Crippen LogP contribution in [-0.2, 0) is 6.42 Å². The van der Waals surface area contributed by atoms with Gasteiger partial charge in [-0.05, 0) is 37.6 Å². The number of nitrogens with zero attached hydrogens (tertiary/aromatic N) is 1.